The van der Waals surface area contributed by atoms with Crippen LogP contribution in [-0.4, -0.2) is 0 Å². The molecule has 0 heterocycles. The van der Waals surface area contributed by atoms with Gasteiger partial charge >= 0.3 is 0 Å². The van der Waals surface area contributed by atoms with Gasteiger partial charge in [0.2, 0.25) is 0 Å². The Morgan fingerprint density at radius 1 is 1.05 bits per heavy atom. The van der Waals surface area contributed by atoms with Crippen molar-refractivity contribution in [1.29, 1.82) is 0 Å². The molecule has 21 heavy (non-hydrogen) atoms. The highest BCUT2D eigenvalue weighted by atomic mass is 14.7. The molecule has 6 aliphatic rings. The fourth-order valence-electron chi connectivity index (χ4n) is 8.85. The minimum absolute atomic E-state index is 0.495. The van der Waals surface area contributed by atoms with Crippen LogP contribution in [0.3, 0.4) is 0 Å². The van der Waals surface area contributed by atoms with Gasteiger partial charge in [-0.3, -0.25) is 0 Å². The number of rotatable bonds is 1. The maximum absolute atomic E-state index is 4.71. The largest absolute Gasteiger partial charge is 0.0993 e. The van der Waals surface area contributed by atoms with Gasteiger partial charge in [0, 0.05) is 0 Å². The predicted octanol–water partition coefficient (Wildman–Crippen LogP) is 5.83. The van der Waals surface area contributed by atoms with Gasteiger partial charge in [-0.1, -0.05) is 32.4 Å². The topological polar surface area (TPSA) is 0 Å². The molecule has 0 radical (unpaired) electrons. The molecule has 6 aliphatic carbocycles. The molecule has 0 N–H and O–H groups in total. The van der Waals surface area contributed by atoms with Gasteiger partial charge in [-0.15, -0.1) is 0 Å². The average molecular weight is 284 g/mol. The first-order valence-corrected chi connectivity index (χ1v) is 9.76. The molecule has 8 atom stereocenters. The Labute approximate surface area is 130 Å². The molecule has 0 aromatic carbocycles. The maximum Gasteiger partial charge on any atom is -0.00313 e. The van der Waals surface area contributed by atoms with Gasteiger partial charge in [0.15, 0.2) is 0 Å². The Morgan fingerprint density at radius 3 is 2.71 bits per heavy atom. The molecule has 6 rings (SSSR count). The van der Waals surface area contributed by atoms with Crippen molar-refractivity contribution >= 4 is 0 Å². The van der Waals surface area contributed by atoms with Gasteiger partial charge < -0.3 is 0 Å². The van der Waals surface area contributed by atoms with Crippen LogP contribution in [0.1, 0.15) is 71.6 Å². The summed E-state index contributed by atoms with van der Waals surface area (Å²) in [6, 6.07) is 0. The summed E-state index contributed by atoms with van der Waals surface area (Å²) < 4.78 is 0. The van der Waals surface area contributed by atoms with E-state index < -0.39 is 0 Å². The molecule has 8 unspecified atom stereocenters. The second kappa shape index (κ2) is 3.98. The average Bonchev–Trinajstić information content (AvgIpc) is 2.47. The summed E-state index contributed by atoms with van der Waals surface area (Å²) in [5.41, 5.74) is 2.84. The SMILES string of the molecule is C=C1CC2CC3CCC4CC5CC3CC(C5)(C2CC)C14C. The van der Waals surface area contributed by atoms with Crippen LogP contribution in [0, 0.1) is 46.3 Å². The smallest absolute Gasteiger partial charge is 0.00313 e. The first kappa shape index (κ1) is 13.2. The summed E-state index contributed by atoms with van der Waals surface area (Å²) in [4.78, 5) is 0. The van der Waals surface area contributed by atoms with Crippen LogP contribution in [0.15, 0.2) is 12.2 Å². The van der Waals surface area contributed by atoms with Gasteiger partial charge in [0.25, 0.3) is 0 Å². The molecule has 0 aromatic rings. The minimum Gasteiger partial charge on any atom is -0.0993 e. The zero-order valence-corrected chi connectivity index (χ0v) is 14.0. The van der Waals surface area contributed by atoms with Crippen molar-refractivity contribution in [2.24, 2.45) is 46.3 Å². The van der Waals surface area contributed by atoms with Crippen LogP contribution in [0.4, 0.5) is 0 Å². The molecule has 0 nitrogen and oxygen atoms in total. The fraction of sp³-hybridized carbons (Fsp3) is 0.905. The zero-order chi connectivity index (χ0) is 14.4. The molecule has 0 amide bonds. The van der Waals surface area contributed by atoms with Gasteiger partial charge in [-0.2, -0.15) is 0 Å². The van der Waals surface area contributed by atoms with Gasteiger partial charge in [0.05, 0.1) is 0 Å². The highest BCUT2D eigenvalue weighted by Gasteiger charge is 2.68. The van der Waals surface area contributed by atoms with Crippen LogP contribution < -0.4 is 0 Å². The quantitative estimate of drug-likeness (QED) is 0.531. The number of hydrogen-bond acceptors (Lipinski definition) is 0. The molecule has 6 saturated carbocycles. The van der Waals surface area contributed by atoms with Gasteiger partial charge in [-0.25, -0.2) is 0 Å². The van der Waals surface area contributed by atoms with E-state index in [1.807, 2.05) is 0 Å². The van der Waals surface area contributed by atoms with Crippen molar-refractivity contribution in [2.75, 3.05) is 0 Å². The van der Waals surface area contributed by atoms with Crippen LogP contribution in [0.2, 0.25) is 0 Å². The summed E-state index contributed by atoms with van der Waals surface area (Å²) in [5.74, 6) is 6.20. The van der Waals surface area contributed by atoms with Crippen molar-refractivity contribution in [1.82, 2.24) is 0 Å². The van der Waals surface area contributed by atoms with Crippen molar-refractivity contribution in [3.05, 3.63) is 12.2 Å². The molecule has 0 saturated heterocycles. The van der Waals surface area contributed by atoms with E-state index in [0.29, 0.717) is 10.8 Å². The van der Waals surface area contributed by atoms with Crippen LogP contribution in [-0.2, 0) is 0 Å². The summed E-state index contributed by atoms with van der Waals surface area (Å²) in [7, 11) is 0. The van der Waals surface area contributed by atoms with E-state index in [9.17, 15) is 0 Å². The molecule has 6 bridgehead atoms. The summed E-state index contributed by atoms with van der Waals surface area (Å²) in [5, 5.41) is 0. The van der Waals surface area contributed by atoms with E-state index in [-0.39, 0.29) is 0 Å². The Morgan fingerprint density at radius 2 is 1.90 bits per heavy atom. The first-order valence-electron chi connectivity index (χ1n) is 9.76. The second-order valence-electron chi connectivity index (χ2n) is 9.72. The van der Waals surface area contributed by atoms with Crippen LogP contribution in [0.25, 0.3) is 0 Å². The zero-order valence-electron chi connectivity index (χ0n) is 14.0. The third-order valence-corrected chi connectivity index (χ3v) is 9.50. The molecule has 0 heteroatoms. The molecule has 6 fully saturated rings. The third-order valence-electron chi connectivity index (χ3n) is 9.50. The molecule has 1 spiro atoms. The normalized spacial score (nSPS) is 61.0. The third kappa shape index (κ3) is 1.35. The van der Waals surface area contributed by atoms with E-state index >= 15 is 0 Å². The van der Waals surface area contributed by atoms with Gasteiger partial charge in [0.1, 0.15) is 0 Å². The lowest BCUT2D eigenvalue weighted by atomic mass is 9.35. The summed E-state index contributed by atoms with van der Waals surface area (Å²) in [6.45, 7) is 9.90. The van der Waals surface area contributed by atoms with E-state index in [2.05, 4.69) is 13.8 Å². The Bertz CT molecular complexity index is 490. The Balaban J connectivity index is 1.79. The molecule has 0 aliphatic heterocycles. The fourth-order valence-corrected chi connectivity index (χ4v) is 8.85. The van der Waals surface area contributed by atoms with E-state index in [1.54, 1.807) is 44.1 Å². The maximum atomic E-state index is 4.71. The number of allylic oxidation sites excluding steroid dienone is 1. The van der Waals surface area contributed by atoms with E-state index in [4.69, 9.17) is 6.58 Å². The highest BCUT2D eigenvalue weighted by molar-refractivity contribution is 5.29. The number of hydrogen-bond donors (Lipinski definition) is 0. The minimum atomic E-state index is 0.495. The Kier molecular flexibility index (Phi) is 2.50. The lowest BCUT2D eigenvalue weighted by molar-refractivity contribution is -0.164. The van der Waals surface area contributed by atoms with Crippen LogP contribution in [0.5, 0.6) is 0 Å². The van der Waals surface area contributed by atoms with Crippen molar-refractivity contribution in [3.8, 4) is 0 Å². The van der Waals surface area contributed by atoms with E-state index in [0.717, 1.165) is 35.5 Å². The monoisotopic (exact) mass is 284 g/mol. The molecule has 0 aromatic heterocycles. The molecular weight excluding hydrogens is 252 g/mol. The second-order valence-corrected chi connectivity index (χ2v) is 9.72. The predicted molar refractivity (Wildman–Crippen MR) is 87.8 cm³/mol. The van der Waals surface area contributed by atoms with Crippen molar-refractivity contribution in [2.45, 2.75) is 71.6 Å². The summed E-state index contributed by atoms with van der Waals surface area (Å²) >= 11 is 0. The Hall–Kier alpha value is -0.260. The number of fused-ring (bicyclic) bond motifs is 2. The standard InChI is InChI=1S/C21H32/c1-4-19-16-7-13(2)20(3)18-6-5-15(10-16)17-8-14(9-18)11-21(19,20)12-17/h14-19H,2,4-12H2,1,3H3. The lowest BCUT2D eigenvalue weighted by Crippen LogP contribution is -2.61. The highest BCUT2D eigenvalue weighted by Crippen LogP contribution is 2.76. The molecular formula is C21H32. The van der Waals surface area contributed by atoms with Crippen LogP contribution >= 0.6 is 0 Å². The lowest BCUT2D eigenvalue weighted by Gasteiger charge is -2.69. The van der Waals surface area contributed by atoms with E-state index in [1.165, 1.54) is 19.3 Å². The first-order chi connectivity index (χ1) is 10.1. The molecule has 116 valence electrons. The summed E-state index contributed by atoms with van der Waals surface area (Å²) in [6.07, 6.45) is 13.7. The van der Waals surface area contributed by atoms with Crippen molar-refractivity contribution in [3.63, 3.8) is 0 Å². The van der Waals surface area contributed by atoms with Crippen molar-refractivity contribution < 1.29 is 0 Å². The van der Waals surface area contributed by atoms with Gasteiger partial charge in [-0.05, 0) is 97.7 Å².